The minimum Gasteiger partial charge on any atom is -0.491 e. The molecule has 0 saturated carbocycles. The largest absolute Gasteiger partial charge is 0.491 e. The van der Waals surface area contributed by atoms with Gasteiger partial charge in [-0.2, -0.15) is 0 Å². The fourth-order valence-electron chi connectivity index (χ4n) is 2.47. The van der Waals surface area contributed by atoms with Crippen molar-refractivity contribution in [3.8, 4) is 5.75 Å². The summed E-state index contributed by atoms with van der Waals surface area (Å²) in [5, 5.41) is 9.62. The van der Waals surface area contributed by atoms with Crippen LogP contribution >= 0.6 is 0 Å². The zero-order chi connectivity index (χ0) is 14.5. The molecule has 0 aromatic heterocycles. The molecular formula is C16H23NO3. The van der Waals surface area contributed by atoms with Crippen LogP contribution in [0.4, 0.5) is 0 Å². The highest BCUT2D eigenvalue weighted by Gasteiger charge is 2.22. The van der Waals surface area contributed by atoms with Crippen LogP contribution in [0.3, 0.4) is 0 Å². The van der Waals surface area contributed by atoms with Crippen LogP contribution < -0.4 is 4.74 Å². The van der Waals surface area contributed by atoms with Crippen LogP contribution in [-0.2, 0) is 11.2 Å². The highest BCUT2D eigenvalue weighted by atomic mass is 16.5. The van der Waals surface area contributed by atoms with Gasteiger partial charge in [-0.1, -0.05) is 12.1 Å². The number of nitrogens with zero attached hydrogens (tertiary/aromatic N) is 1. The number of rotatable bonds is 4. The number of piperidine rings is 1. The van der Waals surface area contributed by atoms with Gasteiger partial charge < -0.3 is 14.7 Å². The van der Waals surface area contributed by atoms with E-state index in [9.17, 15) is 9.90 Å². The third kappa shape index (κ3) is 4.23. The Morgan fingerprint density at radius 3 is 3.00 bits per heavy atom. The normalized spacial score (nSPS) is 19.2. The molecule has 1 heterocycles. The molecule has 4 nitrogen and oxygen atoms in total. The lowest BCUT2D eigenvalue weighted by molar-refractivity contribution is -0.133. The van der Waals surface area contributed by atoms with E-state index in [1.165, 1.54) is 0 Å². The molecule has 0 radical (unpaired) electrons. The van der Waals surface area contributed by atoms with Crippen molar-refractivity contribution in [3.05, 3.63) is 29.8 Å². The summed E-state index contributed by atoms with van der Waals surface area (Å²) in [5.41, 5.74) is 0.952. The van der Waals surface area contributed by atoms with Crippen molar-refractivity contribution in [2.45, 2.75) is 45.3 Å². The number of likely N-dealkylation sites (tertiary alicyclic amines) is 1. The highest BCUT2D eigenvalue weighted by molar-refractivity contribution is 5.79. The van der Waals surface area contributed by atoms with Gasteiger partial charge in [-0.15, -0.1) is 0 Å². The van der Waals surface area contributed by atoms with E-state index < -0.39 is 0 Å². The van der Waals surface area contributed by atoms with Crippen LogP contribution in [0, 0.1) is 0 Å². The molecule has 1 amide bonds. The minimum atomic E-state index is -0.372. The fraction of sp³-hybridized carbons (Fsp3) is 0.562. The quantitative estimate of drug-likeness (QED) is 0.915. The Morgan fingerprint density at radius 2 is 2.30 bits per heavy atom. The molecule has 0 spiro atoms. The smallest absolute Gasteiger partial charge is 0.227 e. The van der Waals surface area contributed by atoms with Crippen LogP contribution in [0.1, 0.15) is 32.3 Å². The van der Waals surface area contributed by atoms with E-state index in [1.807, 2.05) is 38.1 Å². The molecule has 0 aliphatic carbocycles. The number of aliphatic hydroxyl groups is 1. The van der Waals surface area contributed by atoms with E-state index in [1.54, 1.807) is 4.90 Å². The van der Waals surface area contributed by atoms with Crippen molar-refractivity contribution in [2.24, 2.45) is 0 Å². The molecule has 1 unspecified atom stereocenters. The van der Waals surface area contributed by atoms with Gasteiger partial charge in [0, 0.05) is 13.1 Å². The third-order valence-corrected chi connectivity index (χ3v) is 3.37. The first-order chi connectivity index (χ1) is 9.54. The summed E-state index contributed by atoms with van der Waals surface area (Å²) in [6.07, 6.45) is 1.79. The maximum Gasteiger partial charge on any atom is 0.227 e. The van der Waals surface area contributed by atoms with Crippen molar-refractivity contribution in [1.82, 2.24) is 4.90 Å². The summed E-state index contributed by atoms with van der Waals surface area (Å²) in [4.78, 5) is 14.0. The van der Waals surface area contributed by atoms with Crippen LogP contribution in [0.15, 0.2) is 24.3 Å². The number of hydrogen-bond acceptors (Lipinski definition) is 3. The van der Waals surface area contributed by atoms with E-state index >= 15 is 0 Å². The van der Waals surface area contributed by atoms with E-state index in [2.05, 4.69) is 0 Å². The summed E-state index contributed by atoms with van der Waals surface area (Å²) < 4.78 is 5.63. The summed E-state index contributed by atoms with van der Waals surface area (Å²) in [5.74, 6) is 0.870. The average Bonchev–Trinajstić information content (AvgIpc) is 2.38. The zero-order valence-electron chi connectivity index (χ0n) is 12.2. The first-order valence-electron chi connectivity index (χ1n) is 7.26. The molecule has 1 aromatic rings. The number of benzene rings is 1. The number of carbonyl (C=O) groups is 1. The van der Waals surface area contributed by atoms with Gasteiger partial charge in [0.05, 0.1) is 18.6 Å². The first kappa shape index (κ1) is 14.9. The fourth-order valence-corrected chi connectivity index (χ4v) is 2.47. The molecule has 0 bridgehead atoms. The van der Waals surface area contributed by atoms with Gasteiger partial charge in [0.25, 0.3) is 0 Å². The summed E-state index contributed by atoms with van der Waals surface area (Å²) in [7, 11) is 0. The SMILES string of the molecule is CC(C)Oc1cccc(CC(=O)N2CCCC(O)C2)c1. The third-order valence-electron chi connectivity index (χ3n) is 3.37. The van der Waals surface area contributed by atoms with E-state index in [-0.39, 0.29) is 18.1 Å². The number of β-amino-alcohol motifs (C(OH)–C–C–N with tert-alkyl or cyclic N) is 1. The Morgan fingerprint density at radius 1 is 1.50 bits per heavy atom. The molecule has 1 aliphatic rings. The second-order valence-electron chi connectivity index (χ2n) is 5.63. The number of hydrogen-bond donors (Lipinski definition) is 1. The van der Waals surface area contributed by atoms with Crippen molar-refractivity contribution in [1.29, 1.82) is 0 Å². The number of carbonyl (C=O) groups excluding carboxylic acids is 1. The van der Waals surface area contributed by atoms with Gasteiger partial charge >= 0.3 is 0 Å². The lowest BCUT2D eigenvalue weighted by atomic mass is 10.1. The van der Waals surface area contributed by atoms with Gasteiger partial charge in [0.15, 0.2) is 0 Å². The van der Waals surface area contributed by atoms with Crippen LogP contribution in [0.2, 0.25) is 0 Å². The van der Waals surface area contributed by atoms with Gasteiger partial charge in [-0.3, -0.25) is 4.79 Å². The van der Waals surface area contributed by atoms with Gasteiger partial charge in [-0.05, 0) is 44.4 Å². The molecule has 2 rings (SSSR count). The molecule has 4 heteroatoms. The van der Waals surface area contributed by atoms with Gasteiger partial charge in [0.2, 0.25) is 5.91 Å². The second-order valence-corrected chi connectivity index (χ2v) is 5.63. The topological polar surface area (TPSA) is 49.8 Å². The molecule has 1 aliphatic heterocycles. The Labute approximate surface area is 120 Å². The number of amides is 1. The standard InChI is InChI=1S/C16H23NO3/c1-12(2)20-15-7-3-5-13(9-15)10-16(19)17-8-4-6-14(18)11-17/h3,5,7,9,12,14,18H,4,6,8,10-11H2,1-2H3. The van der Waals surface area contributed by atoms with E-state index in [0.29, 0.717) is 13.0 Å². The molecule has 20 heavy (non-hydrogen) atoms. The Balaban J connectivity index is 1.96. The maximum absolute atomic E-state index is 12.2. The molecule has 1 atom stereocenters. The highest BCUT2D eigenvalue weighted by Crippen LogP contribution is 2.17. The molecule has 110 valence electrons. The second kappa shape index (κ2) is 6.75. The Hall–Kier alpha value is -1.55. The molecule has 1 saturated heterocycles. The average molecular weight is 277 g/mol. The number of ether oxygens (including phenoxy) is 1. The van der Waals surface area contributed by atoms with Crippen molar-refractivity contribution < 1.29 is 14.6 Å². The van der Waals surface area contributed by atoms with Gasteiger partial charge in [-0.25, -0.2) is 0 Å². The van der Waals surface area contributed by atoms with E-state index in [4.69, 9.17) is 4.74 Å². The van der Waals surface area contributed by atoms with Gasteiger partial charge in [0.1, 0.15) is 5.75 Å². The predicted molar refractivity (Wildman–Crippen MR) is 77.7 cm³/mol. The maximum atomic E-state index is 12.2. The molecular weight excluding hydrogens is 254 g/mol. The molecule has 1 N–H and O–H groups in total. The van der Waals surface area contributed by atoms with Crippen molar-refractivity contribution in [3.63, 3.8) is 0 Å². The Bertz CT molecular complexity index is 459. The van der Waals surface area contributed by atoms with Crippen molar-refractivity contribution in [2.75, 3.05) is 13.1 Å². The van der Waals surface area contributed by atoms with Crippen molar-refractivity contribution >= 4 is 5.91 Å². The minimum absolute atomic E-state index is 0.0745. The predicted octanol–water partition coefficient (Wildman–Crippen LogP) is 2.00. The lowest BCUT2D eigenvalue weighted by Gasteiger charge is -2.30. The lowest BCUT2D eigenvalue weighted by Crippen LogP contribution is -2.42. The Kier molecular flexibility index (Phi) is 5.01. The molecule has 1 fully saturated rings. The van der Waals surface area contributed by atoms with Crippen LogP contribution in [0.25, 0.3) is 0 Å². The summed E-state index contributed by atoms with van der Waals surface area (Å²) in [6.45, 7) is 5.17. The van der Waals surface area contributed by atoms with Crippen LogP contribution in [0.5, 0.6) is 5.75 Å². The summed E-state index contributed by atoms with van der Waals surface area (Å²) in [6, 6.07) is 7.66. The zero-order valence-corrected chi connectivity index (χ0v) is 12.2. The van der Waals surface area contributed by atoms with E-state index in [0.717, 1.165) is 30.7 Å². The number of aliphatic hydroxyl groups excluding tert-OH is 1. The molecule has 1 aromatic carbocycles. The monoisotopic (exact) mass is 277 g/mol. The first-order valence-corrected chi connectivity index (χ1v) is 7.26. The van der Waals surface area contributed by atoms with Crippen LogP contribution in [-0.4, -0.2) is 41.2 Å². The summed E-state index contributed by atoms with van der Waals surface area (Å²) >= 11 is 0.